The van der Waals surface area contributed by atoms with E-state index in [9.17, 15) is 0 Å². The largest absolute Gasteiger partial charge is 0.310 e. The molecule has 0 heterocycles. The molecule has 47 heavy (non-hydrogen) atoms. The maximum absolute atomic E-state index is 2.42. The molecule has 0 radical (unpaired) electrons. The van der Waals surface area contributed by atoms with Gasteiger partial charge in [-0.1, -0.05) is 147 Å². The summed E-state index contributed by atoms with van der Waals surface area (Å²) in [7, 11) is 0. The molecule has 1 nitrogen and oxygen atoms in total. The highest BCUT2D eigenvalue weighted by Crippen LogP contribution is 2.51. The van der Waals surface area contributed by atoms with Gasteiger partial charge in [-0.2, -0.15) is 0 Å². The number of anilines is 3. The topological polar surface area (TPSA) is 3.24 Å². The van der Waals surface area contributed by atoms with Crippen molar-refractivity contribution in [3.63, 3.8) is 0 Å². The Labute approximate surface area is 278 Å². The Hall–Kier alpha value is -5.66. The van der Waals surface area contributed by atoms with Gasteiger partial charge >= 0.3 is 0 Å². The molecule has 8 rings (SSSR count). The van der Waals surface area contributed by atoms with E-state index in [0.717, 1.165) is 5.69 Å². The average Bonchev–Trinajstić information content (AvgIpc) is 3.36. The van der Waals surface area contributed by atoms with Gasteiger partial charge in [0.2, 0.25) is 0 Å². The van der Waals surface area contributed by atoms with Crippen LogP contribution in [0, 0.1) is 6.92 Å². The lowest BCUT2D eigenvalue weighted by atomic mass is 9.82. The van der Waals surface area contributed by atoms with Gasteiger partial charge in [0.1, 0.15) is 0 Å². The molecule has 1 aliphatic rings. The second kappa shape index (κ2) is 11.6. The van der Waals surface area contributed by atoms with Crippen molar-refractivity contribution in [2.45, 2.75) is 26.2 Å². The van der Waals surface area contributed by atoms with Crippen LogP contribution in [-0.2, 0) is 5.41 Å². The molecule has 0 amide bonds. The molecule has 0 bridgehead atoms. The first-order chi connectivity index (χ1) is 23.0. The van der Waals surface area contributed by atoms with E-state index in [0.29, 0.717) is 0 Å². The van der Waals surface area contributed by atoms with Gasteiger partial charge < -0.3 is 4.90 Å². The number of fused-ring (bicyclic) bond motifs is 3. The summed E-state index contributed by atoms with van der Waals surface area (Å²) in [6, 6.07) is 61.8. The number of aryl methyl sites for hydroxylation is 1. The van der Waals surface area contributed by atoms with Crippen molar-refractivity contribution >= 4 is 17.1 Å². The fourth-order valence-corrected chi connectivity index (χ4v) is 7.26. The van der Waals surface area contributed by atoms with E-state index in [2.05, 4.69) is 196 Å². The molecule has 0 N–H and O–H groups in total. The minimum Gasteiger partial charge on any atom is -0.310 e. The molecular weight excluding hydrogens is 567 g/mol. The first-order valence-corrected chi connectivity index (χ1v) is 16.4. The van der Waals surface area contributed by atoms with Crippen molar-refractivity contribution in [2.24, 2.45) is 0 Å². The number of hydrogen-bond acceptors (Lipinski definition) is 1. The van der Waals surface area contributed by atoms with Crippen LogP contribution in [-0.4, -0.2) is 0 Å². The SMILES string of the molecule is Cc1cc(-c2ccc(-c3ccccc3)cc2)ccc1N(c1ccc(-c2ccccc2)cc1)c1ccc2c(c1)C(C)(C)c1ccccc1-2. The highest BCUT2D eigenvalue weighted by atomic mass is 15.1. The molecule has 1 heteroatoms. The number of benzene rings is 7. The zero-order valence-electron chi connectivity index (χ0n) is 27.1. The molecule has 226 valence electrons. The van der Waals surface area contributed by atoms with E-state index in [1.165, 1.54) is 72.6 Å². The summed E-state index contributed by atoms with van der Waals surface area (Å²) >= 11 is 0. The fraction of sp³-hybridized carbons (Fsp3) is 0.0870. The summed E-state index contributed by atoms with van der Waals surface area (Å²) in [4.78, 5) is 2.42. The van der Waals surface area contributed by atoms with Crippen LogP contribution in [0.4, 0.5) is 17.1 Å². The minimum absolute atomic E-state index is 0.0738. The maximum Gasteiger partial charge on any atom is 0.0491 e. The quantitative estimate of drug-likeness (QED) is 0.183. The molecule has 1 aliphatic carbocycles. The van der Waals surface area contributed by atoms with Crippen LogP contribution in [0.1, 0.15) is 30.5 Å². The Morgan fingerprint density at radius 1 is 0.383 bits per heavy atom. The summed E-state index contributed by atoms with van der Waals surface area (Å²) < 4.78 is 0. The summed E-state index contributed by atoms with van der Waals surface area (Å²) in [5.41, 5.74) is 17.4. The van der Waals surface area contributed by atoms with Gasteiger partial charge in [-0.3, -0.25) is 0 Å². The molecule has 7 aromatic carbocycles. The molecular formula is C46H37N. The van der Waals surface area contributed by atoms with Crippen molar-refractivity contribution in [1.29, 1.82) is 0 Å². The van der Waals surface area contributed by atoms with Crippen molar-refractivity contribution < 1.29 is 0 Å². The van der Waals surface area contributed by atoms with Gasteiger partial charge in [0.25, 0.3) is 0 Å². The lowest BCUT2D eigenvalue weighted by molar-refractivity contribution is 0.660. The van der Waals surface area contributed by atoms with Gasteiger partial charge in [-0.15, -0.1) is 0 Å². The third-order valence-electron chi connectivity index (χ3n) is 9.82. The molecule has 0 saturated heterocycles. The summed E-state index contributed by atoms with van der Waals surface area (Å²) in [5, 5.41) is 0. The van der Waals surface area contributed by atoms with E-state index in [1.54, 1.807) is 0 Å². The molecule has 0 aliphatic heterocycles. The van der Waals surface area contributed by atoms with E-state index in [4.69, 9.17) is 0 Å². The van der Waals surface area contributed by atoms with Gasteiger partial charge in [-0.25, -0.2) is 0 Å². The zero-order valence-corrected chi connectivity index (χ0v) is 27.1. The highest BCUT2D eigenvalue weighted by molar-refractivity contribution is 5.87. The van der Waals surface area contributed by atoms with Crippen LogP contribution >= 0.6 is 0 Å². The number of hydrogen-bond donors (Lipinski definition) is 0. The van der Waals surface area contributed by atoms with Crippen LogP contribution in [0.3, 0.4) is 0 Å². The Morgan fingerprint density at radius 3 is 1.47 bits per heavy atom. The Kier molecular flexibility index (Phi) is 7.11. The summed E-state index contributed by atoms with van der Waals surface area (Å²) in [6.45, 7) is 6.93. The molecule has 0 saturated carbocycles. The normalized spacial score (nSPS) is 12.7. The van der Waals surface area contributed by atoms with Crippen molar-refractivity contribution in [2.75, 3.05) is 4.90 Å². The van der Waals surface area contributed by atoms with Gasteiger partial charge in [0.05, 0.1) is 0 Å². The lowest BCUT2D eigenvalue weighted by Crippen LogP contribution is -2.17. The monoisotopic (exact) mass is 603 g/mol. The Balaban J connectivity index is 1.21. The van der Waals surface area contributed by atoms with Crippen molar-refractivity contribution in [3.05, 3.63) is 187 Å². The smallest absolute Gasteiger partial charge is 0.0491 e. The third kappa shape index (κ3) is 5.15. The molecule has 0 atom stereocenters. The average molecular weight is 604 g/mol. The zero-order chi connectivity index (χ0) is 32.0. The predicted molar refractivity (Wildman–Crippen MR) is 200 cm³/mol. The van der Waals surface area contributed by atoms with Crippen LogP contribution < -0.4 is 4.90 Å². The van der Waals surface area contributed by atoms with Crippen molar-refractivity contribution in [1.82, 2.24) is 0 Å². The number of nitrogens with zero attached hydrogens (tertiary/aromatic N) is 1. The molecule has 0 spiro atoms. The predicted octanol–water partition coefficient (Wildman–Crippen LogP) is 12.8. The van der Waals surface area contributed by atoms with Crippen LogP contribution in [0.5, 0.6) is 0 Å². The first kappa shape index (κ1) is 28.8. The molecule has 0 unspecified atom stereocenters. The standard InChI is InChI=1S/C46H37N/c1-32-30-38(37-20-18-35(19-21-37)33-12-6-4-7-13-33)24-29-45(32)47(39-25-22-36(23-26-39)34-14-8-5-9-15-34)40-27-28-42-41-16-10-11-17-43(41)46(2,3)44(42)31-40/h4-31H,1-3H3. The van der Waals surface area contributed by atoms with Crippen LogP contribution in [0.15, 0.2) is 170 Å². The maximum atomic E-state index is 2.42. The summed E-state index contributed by atoms with van der Waals surface area (Å²) in [6.07, 6.45) is 0. The van der Waals surface area contributed by atoms with E-state index < -0.39 is 0 Å². The van der Waals surface area contributed by atoms with E-state index >= 15 is 0 Å². The molecule has 7 aromatic rings. The van der Waals surface area contributed by atoms with E-state index in [-0.39, 0.29) is 5.41 Å². The third-order valence-corrected chi connectivity index (χ3v) is 9.82. The van der Waals surface area contributed by atoms with Crippen LogP contribution in [0.25, 0.3) is 44.5 Å². The van der Waals surface area contributed by atoms with Gasteiger partial charge in [-0.05, 0) is 105 Å². The first-order valence-electron chi connectivity index (χ1n) is 16.4. The highest BCUT2D eigenvalue weighted by Gasteiger charge is 2.35. The minimum atomic E-state index is -0.0738. The Bertz CT molecular complexity index is 2190. The Morgan fingerprint density at radius 2 is 0.851 bits per heavy atom. The number of rotatable bonds is 6. The van der Waals surface area contributed by atoms with Gasteiger partial charge in [0, 0.05) is 22.5 Å². The fourth-order valence-electron chi connectivity index (χ4n) is 7.26. The van der Waals surface area contributed by atoms with Gasteiger partial charge in [0.15, 0.2) is 0 Å². The molecule has 0 fully saturated rings. The van der Waals surface area contributed by atoms with Crippen molar-refractivity contribution in [3.8, 4) is 44.5 Å². The lowest BCUT2D eigenvalue weighted by Gasteiger charge is -2.29. The second-order valence-electron chi connectivity index (χ2n) is 13.1. The van der Waals surface area contributed by atoms with Crippen LogP contribution in [0.2, 0.25) is 0 Å². The summed E-state index contributed by atoms with van der Waals surface area (Å²) in [5.74, 6) is 0. The van der Waals surface area contributed by atoms with E-state index in [1.807, 2.05) is 0 Å². The molecule has 0 aromatic heterocycles. The second-order valence-corrected chi connectivity index (χ2v) is 13.1.